The fraction of sp³-hybridized carbons (Fsp3) is 0.500. The fourth-order valence-corrected chi connectivity index (χ4v) is 4.15. The molecule has 5 nitrogen and oxygen atoms in total. The lowest BCUT2D eigenvalue weighted by molar-refractivity contribution is 0.0939. The minimum Gasteiger partial charge on any atom is -0.490 e. The quantitative estimate of drug-likeness (QED) is 0.601. The molecule has 0 aliphatic carbocycles. The predicted octanol–water partition coefficient (Wildman–Crippen LogP) is 5.21. The summed E-state index contributed by atoms with van der Waals surface area (Å²) >= 11 is 0. The van der Waals surface area contributed by atoms with Crippen LogP contribution in [0, 0.1) is 5.92 Å². The van der Waals surface area contributed by atoms with Crippen molar-refractivity contribution in [2.75, 3.05) is 26.3 Å². The monoisotopic (exact) mass is 424 g/mol. The molecule has 2 atom stereocenters. The molecule has 31 heavy (non-hydrogen) atoms. The summed E-state index contributed by atoms with van der Waals surface area (Å²) in [5.41, 5.74) is 2.92. The summed E-state index contributed by atoms with van der Waals surface area (Å²) in [6, 6.07) is 13.7. The van der Waals surface area contributed by atoms with Crippen molar-refractivity contribution >= 4 is 5.91 Å². The summed E-state index contributed by atoms with van der Waals surface area (Å²) in [5, 5.41) is 3.09. The van der Waals surface area contributed by atoms with E-state index in [1.165, 1.54) is 18.4 Å². The normalized spacial score (nSPS) is 17.7. The standard InChI is InChI=1S/C26H36N2O3/c1-5-30-24-14-13-23(16-25(24)31-6-2)20(4)27-26(29)22-11-9-21(10-12-22)18-28-15-7-8-19(3)17-28/h9-14,16,19-20H,5-8,15,17-18H2,1-4H3,(H,27,29). The molecule has 168 valence electrons. The van der Waals surface area contributed by atoms with Crippen LogP contribution in [-0.2, 0) is 6.54 Å². The molecule has 2 unspecified atom stereocenters. The number of amides is 1. The Balaban J connectivity index is 1.61. The second-order valence-electron chi connectivity index (χ2n) is 8.45. The summed E-state index contributed by atoms with van der Waals surface area (Å²) in [5.74, 6) is 2.13. The van der Waals surface area contributed by atoms with Gasteiger partial charge in [0, 0.05) is 18.7 Å². The van der Waals surface area contributed by atoms with Crippen LogP contribution in [0.3, 0.4) is 0 Å². The fourth-order valence-electron chi connectivity index (χ4n) is 4.15. The van der Waals surface area contributed by atoms with Crippen molar-refractivity contribution in [1.82, 2.24) is 10.2 Å². The predicted molar refractivity (Wildman–Crippen MR) is 125 cm³/mol. The first kappa shape index (κ1) is 23.1. The Morgan fingerprint density at radius 1 is 1.10 bits per heavy atom. The third-order valence-electron chi connectivity index (χ3n) is 5.78. The molecule has 3 rings (SSSR count). The Kier molecular flexibility index (Phi) is 8.35. The molecule has 5 heteroatoms. The largest absolute Gasteiger partial charge is 0.490 e. The Morgan fingerprint density at radius 3 is 2.48 bits per heavy atom. The van der Waals surface area contributed by atoms with Crippen LogP contribution in [0.15, 0.2) is 42.5 Å². The van der Waals surface area contributed by atoms with E-state index in [0.29, 0.717) is 24.5 Å². The number of hydrogen-bond acceptors (Lipinski definition) is 4. The van der Waals surface area contributed by atoms with Gasteiger partial charge in [0.2, 0.25) is 0 Å². The number of nitrogens with zero attached hydrogens (tertiary/aromatic N) is 1. The van der Waals surface area contributed by atoms with E-state index >= 15 is 0 Å². The number of likely N-dealkylation sites (tertiary alicyclic amines) is 1. The molecule has 0 spiro atoms. The van der Waals surface area contributed by atoms with Crippen LogP contribution < -0.4 is 14.8 Å². The van der Waals surface area contributed by atoms with Crippen LogP contribution >= 0.6 is 0 Å². The van der Waals surface area contributed by atoms with Crippen molar-refractivity contribution in [3.8, 4) is 11.5 Å². The van der Waals surface area contributed by atoms with Crippen LogP contribution in [0.25, 0.3) is 0 Å². The van der Waals surface area contributed by atoms with Crippen LogP contribution in [0.1, 0.15) is 68.1 Å². The van der Waals surface area contributed by atoms with Gasteiger partial charge in [-0.25, -0.2) is 0 Å². The average Bonchev–Trinajstić information content (AvgIpc) is 2.75. The molecule has 1 heterocycles. The van der Waals surface area contributed by atoms with Gasteiger partial charge in [-0.15, -0.1) is 0 Å². The number of carbonyl (C=O) groups is 1. The van der Waals surface area contributed by atoms with Crippen LogP contribution in [0.5, 0.6) is 11.5 Å². The number of hydrogen-bond donors (Lipinski definition) is 1. The van der Waals surface area contributed by atoms with Gasteiger partial charge < -0.3 is 14.8 Å². The van der Waals surface area contributed by atoms with Crippen LogP contribution in [-0.4, -0.2) is 37.1 Å². The van der Waals surface area contributed by atoms with Gasteiger partial charge in [-0.05, 0) is 81.5 Å². The molecule has 0 bridgehead atoms. The maximum absolute atomic E-state index is 12.8. The molecular weight excluding hydrogens is 388 g/mol. The lowest BCUT2D eigenvalue weighted by Gasteiger charge is -2.30. The average molecular weight is 425 g/mol. The molecule has 0 radical (unpaired) electrons. The molecule has 0 aromatic heterocycles. The Morgan fingerprint density at radius 2 is 1.81 bits per heavy atom. The van der Waals surface area contributed by atoms with Crippen LogP contribution in [0.2, 0.25) is 0 Å². The maximum atomic E-state index is 12.8. The highest BCUT2D eigenvalue weighted by molar-refractivity contribution is 5.94. The lowest BCUT2D eigenvalue weighted by Crippen LogP contribution is -2.33. The topological polar surface area (TPSA) is 50.8 Å². The van der Waals surface area contributed by atoms with Gasteiger partial charge in [-0.3, -0.25) is 9.69 Å². The van der Waals surface area contributed by atoms with E-state index in [-0.39, 0.29) is 11.9 Å². The second-order valence-corrected chi connectivity index (χ2v) is 8.45. The minimum atomic E-state index is -0.142. The van der Waals surface area contributed by atoms with Crippen molar-refractivity contribution in [3.63, 3.8) is 0 Å². The molecule has 1 aliphatic heterocycles. The highest BCUT2D eigenvalue weighted by Gasteiger charge is 2.17. The van der Waals surface area contributed by atoms with Crippen molar-refractivity contribution in [2.24, 2.45) is 5.92 Å². The number of carbonyl (C=O) groups excluding carboxylic acids is 1. The van der Waals surface area contributed by atoms with Gasteiger partial charge in [0.1, 0.15) is 0 Å². The molecule has 2 aromatic rings. The first-order valence-electron chi connectivity index (χ1n) is 11.5. The molecule has 1 N–H and O–H groups in total. The zero-order valence-corrected chi connectivity index (χ0v) is 19.3. The van der Waals surface area contributed by atoms with E-state index in [1.54, 1.807) is 0 Å². The third kappa shape index (κ3) is 6.47. The number of piperidine rings is 1. The minimum absolute atomic E-state index is 0.0718. The van der Waals surface area contributed by atoms with E-state index in [9.17, 15) is 4.79 Å². The van der Waals surface area contributed by atoms with E-state index in [0.717, 1.165) is 36.9 Å². The van der Waals surface area contributed by atoms with Gasteiger partial charge >= 0.3 is 0 Å². The van der Waals surface area contributed by atoms with Gasteiger partial charge in [0.05, 0.1) is 19.3 Å². The van der Waals surface area contributed by atoms with E-state index < -0.39 is 0 Å². The Hall–Kier alpha value is -2.53. The molecule has 1 amide bonds. The highest BCUT2D eigenvalue weighted by atomic mass is 16.5. The molecule has 1 saturated heterocycles. The zero-order chi connectivity index (χ0) is 22.2. The third-order valence-corrected chi connectivity index (χ3v) is 5.78. The van der Waals surface area contributed by atoms with Crippen molar-refractivity contribution < 1.29 is 14.3 Å². The molecule has 2 aromatic carbocycles. The van der Waals surface area contributed by atoms with E-state index in [1.807, 2.05) is 51.1 Å². The molecular formula is C26H36N2O3. The number of benzene rings is 2. The number of nitrogens with one attached hydrogen (secondary N) is 1. The summed E-state index contributed by atoms with van der Waals surface area (Å²) < 4.78 is 11.3. The van der Waals surface area contributed by atoms with Gasteiger partial charge in [-0.1, -0.05) is 25.1 Å². The Bertz CT molecular complexity index is 850. The SMILES string of the molecule is CCOc1ccc(C(C)NC(=O)c2ccc(CN3CCCC(C)C3)cc2)cc1OCC. The molecule has 1 fully saturated rings. The molecule has 0 saturated carbocycles. The van der Waals surface area contributed by atoms with Gasteiger partial charge in [0.15, 0.2) is 11.5 Å². The number of rotatable bonds is 9. The first-order valence-corrected chi connectivity index (χ1v) is 11.5. The van der Waals surface area contributed by atoms with Crippen molar-refractivity contribution in [2.45, 2.75) is 53.1 Å². The van der Waals surface area contributed by atoms with Crippen LogP contribution in [0.4, 0.5) is 0 Å². The van der Waals surface area contributed by atoms with Crippen molar-refractivity contribution in [1.29, 1.82) is 0 Å². The van der Waals surface area contributed by atoms with E-state index in [2.05, 4.69) is 29.3 Å². The summed E-state index contributed by atoms with van der Waals surface area (Å²) in [4.78, 5) is 15.3. The lowest BCUT2D eigenvalue weighted by atomic mass is 9.99. The smallest absolute Gasteiger partial charge is 0.251 e. The second kappa shape index (κ2) is 11.2. The number of ether oxygens (including phenoxy) is 2. The summed E-state index contributed by atoms with van der Waals surface area (Å²) in [6.45, 7) is 12.6. The highest BCUT2D eigenvalue weighted by Crippen LogP contribution is 2.31. The van der Waals surface area contributed by atoms with Gasteiger partial charge in [0.25, 0.3) is 5.91 Å². The van der Waals surface area contributed by atoms with Gasteiger partial charge in [-0.2, -0.15) is 0 Å². The molecule has 1 aliphatic rings. The van der Waals surface area contributed by atoms with Crippen molar-refractivity contribution in [3.05, 3.63) is 59.2 Å². The van der Waals surface area contributed by atoms with E-state index in [4.69, 9.17) is 9.47 Å². The summed E-state index contributed by atoms with van der Waals surface area (Å²) in [7, 11) is 0. The summed E-state index contributed by atoms with van der Waals surface area (Å²) in [6.07, 6.45) is 2.60. The first-order chi connectivity index (χ1) is 15.0. The maximum Gasteiger partial charge on any atom is 0.251 e. The Labute approximate surface area is 186 Å². The zero-order valence-electron chi connectivity index (χ0n) is 19.3.